The number of nitrogens with two attached hydrogens (primary N) is 1. The molecule has 23 heteroatoms. The number of hydrogen-bond donors (Lipinski definition) is 7. The van der Waals surface area contributed by atoms with E-state index in [-0.39, 0.29) is 81.5 Å². The van der Waals surface area contributed by atoms with Crippen LogP contribution in [0.3, 0.4) is 0 Å². The van der Waals surface area contributed by atoms with Crippen LogP contribution in [0, 0.1) is 17.6 Å². The zero-order valence-corrected chi connectivity index (χ0v) is 39.2. The lowest BCUT2D eigenvalue weighted by atomic mass is 10.0. The fourth-order valence-corrected chi connectivity index (χ4v) is 8.09. The molecular formula is C45H58F2N10O10S. The molecule has 0 bridgehead atoms. The van der Waals surface area contributed by atoms with Crippen molar-refractivity contribution in [3.05, 3.63) is 101 Å². The summed E-state index contributed by atoms with van der Waals surface area (Å²) in [6.07, 6.45) is -0.700. The third-order valence-corrected chi connectivity index (χ3v) is 11.7. The van der Waals surface area contributed by atoms with Crippen molar-refractivity contribution in [2.24, 2.45) is 16.8 Å². The minimum atomic E-state index is -1.25. The summed E-state index contributed by atoms with van der Waals surface area (Å²) in [5.74, 6) is -3.50. The van der Waals surface area contributed by atoms with Gasteiger partial charge in [0.05, 0.1) is 13.7 Å². The number of nitrogens with zero attached hydrogens (tertiary/aromatic N) is 3. The predicted molar refractivity (Wildman–Crippen MR) is 248 cm³/mol. The van der Waals surface area contributed by atoms with Gasteiger partial charge in [-0.1, -0.05) is 68.1 Å². The number of nitrogens with one attached hydrogen (secondary N) is 6. The smallest absolute Gasteiger partial charge is 0.407 e. The molecule has 0 fully saturated rings. The maximum Gasteiger partial charge on any atom is 0.407 e. The van der Waals surface area contributed by atoms with Crippen LogP contribution in [0.1, 0.15) is 69.6 Å². The number of carbonyl (C=O) groups is 7. The molecule has 0 aromatic heterocycles. The second-order valence-electron chi connectivity index (χ2n) is 15.5. The van der Waals surface area contributed by atoms with E-state index >= 15 is 4.39 Å². The molecule has 9 amide bonds. The van der Waals surface area contributed by atoms with E-state index in [1.807, 2.05) is 0 Å². The first kappa shape index (κ1) is 53.6. The summed E-state index contributed by atoms with van der Waals surface area (Å²) in [4.78, 5) is 92.8. The number of benzene rings is 3. The lowest BCUT2D eigenvalue weighted by Gasteiger charge is -2.37. The molecular weight excluding hydrogens is 911 g/mol. The highest BCUT2D eigenvalue weighted by Crippen LogP contribution is 2.51. The number of hydrogen-bond acceptors (Lipinski definition) is 12. The van der Waals surface area contributed by atoms with Crippen LogP contribution < -0.4 is 37.6 Å². The maximum atomic E-state index is 15.0. The number of halogens is 2. The minimum absolute atomic E-state index is 0.0217. The number of primary amides is 1. The van der Waals surface area contributed by atoms with E-state index in [4.69, 9.17) is 20.0 Å². The van der Waals surface area contributed by atoms with E-state index in [1.54, 1.807) is 75.4 Å². The van der Waals surface area contributed by atoms with E-state index < -0.39 is 70.6 Å². The molecule has 1 aliphatic heterocycles. The van der Waals surface area contributed by atoms with Gasteiger partial charge in [0, 0.05) is 44.4 Å². The lowest BCUT2D eigenvalue weighted by Crippen LogP contribution is -2.54. The van der Waals surface area contributed by atoms with Gasteiger partial charge < -0.3 is 47.1 Å². The summed E-state index contributed by atoms with van der Waals surface area (Å²) in [6, 6.07) is 14.7. The van der Waals surface area contributed by atoms with Gasteiger partial charge in [-0.15, -0.1) is 0 Å². The number of hydroxylamine groups is 2. The Morgan fingerprint density at radius 3 is 2.19 bits per heavy atom. The fraction of sp³-hybridized carbons (Fsp3) is 0.422. The maximum absolute atomic E-state index is 15.0. The number of rotatable bonds is 23. The van der Waals surface area contributed by atoms with Crippen molar-refractivity contribution in [3.8, 4) is 0 Å². The van der Waals surface area contributed by atoms with Crippen LogP contribution in [0.15, 0.2) is 77.9 Å². The number of ether oxygens (including phenoxy) is 2. The standard InChI is InChI=1S/C45H58F2N10O10S/c1-6-66-42(62)51-25-21-36(58)54-37(28(2)3)39(60)53-35(14-10-23-49-41(48)61)38(59)52-32-18-15-29(16-19-32)27-67-43(63)50-24-11-22-45(30-12-8-7-9-13-30)57(44(64)56(4)65-5)55-40(68-45)33-26-31(46)17-20-34(33)47/h7-9,12-13,15-20,26,28,35,37H,6,10-11,14,21-25,27H2,1-5H3,(H,50,63)(H,51,62)(H,52,59)(H,53,60)(H,54,58)(H3,48,49,61)/t35-,37-,45-/m0/s1. The number of alkyl carbamates (subject to hydrolysis) is 2. The minimum Gasteiger partial charge on any atom is -0.450 e. The monoisotopic (exact) mass is 968 g/mol. The topological polar surface area (TPSA) is 264 Å². The quantitative estimate of drug-likeness (QED) is 0.0491. The number of urea groups is 2. The van der Waals surface area contributed by atoms with Crippen LogP contribution in [0.4, 0.5) is 33.6 Å². The normalized spacial score (nSPS) is 15.0. The molecule has 1 aliphatic rings. The van der Waals surface area contributed by atoms with Crippen molar-refractivity contribution in [3.63, 3.8) is 0 Å². The Morgan fingerprint density at radius 1 is 0.853 bits per heavy atom. The van der Waals surface area contributed by atoms with Crippen molar-refractivity contribution >= 4 is 64.5 Å². The SMILES string of the molecule is CCOC(=O)NCCC(=O)N[C@H](C(=O)N[C@@H](CCCNC(N)=O)C(=O)Nc1ccc(COC(=O)NCCC[C@@]2(c3ccccc3)SC(c3cc(F)ccc3F)=NN2C(=O)N(C)OC)cc1)C(C)C. The molecule has 0 spiro atoms. The van der Waals surface area contributed by atoms with Crippen molar-refractivity contribution in [1.82, 2.24) is 36.7 Å². The van der Waals surface area contributed by atoms with Gasteiger partial charge in [-0.05, 0) is 80.0 Å². The van der Waals surface area contributed by atoms with Crippen LogP contribution in [0.5, 0.6) is 0 Å². The number of anilines is 1. The highest BCUT2D eigenvalue weighted by atomic mass is 32.2. The zero-order chi connectivity index (χ0) is 49.8. The zero-order valence-electron chi connectivity index (χ0n) is 38.4. The Balaban J connectivity index is 1.35. The molecule has 0 radical (unpaired) electrons. The van der Waals surface area contributed by atoms with Gasteiger partial charge in [0.2, 0.25) is 17.7 Å². The summed E-state index contributed by atoms with van der Waals surface area (Å²) in [7, 11) is 2.69. The molecule has 3 aromatic rings. The van der Waals surface area contributed by atoms with Crippen LogP contribution in [0.25, 0.3) is 0 Å². The number of hydrazone groups is 1. The number of carbonyl (C=O) groups excluding carboxylic acids is 7. The highest BCUT2D eigenvalue weighted by molar-refractivity contribution is 8.15. The largest absolute Gasteiger partial charge is 0.450 e. The molecule has 0 saturated carbocycles. The Hall–Kier alpha value is -7.01. The van der Waals surface area contributed by atoms with Crippen LogP contribution in [-0.2, 0) is 40.2 Å². The van der Waals surface area contributed by atoms with Crippen molar-refractivity contribution in [2.45, 2.75) is 76.4 Å². The Morgan fingerprint density at radius 2 is 1.53 bits per heavy atom. The van der Waals surface area contributed by atoms with Crippen LogP contribution in [0.2, 0.25) is 0 Å². The molecule has 0 unspecified atom stereocenters. The molecule has 20 nitrogen and oxygen atoms in total. The molecule has 1 heterocycles. The third-order valence-electron chi connectivity index (χ3n) is 10.2. The summed E-state index contributed by atoms with van der Waals surface area (Å²) in [5, 5.41) is 22.3. The first-order valence-corrected chi connectivity index (χ1v) is 22.5. The molecule has 3 aromatic carbocycles. The Bertz CT molecular complexity index is 2260. The summed E-state index contributed by atoms with van der Waals surface area (Å²) in [5.41, 5.74) is 6.62. The first-order valence-electron chi connectivity index (χ1n) is 21.7. The molecule has 68 heavy (non-hydrogen) atoms. The van der Waals surface area contributed by atoms with Crippen molar-refractivity contribution < 1.29 is 56.7 Å². The Kier molecular flexibility index (Phi) is 20.8. The van der Waals surface area contributed by atoms with Crippen LogP contribution >= 0.6 is 11.8 Å². The first-order chi connectivity index (χ1) is 32.5. The van der Waals surface area contributed by atoms with E-state index in [9.17, 15) is 38.0 Å². The van der Waals surface area contributed by atoms with E-state index in [0.717, 1.165) is 35.0 Å². The van der Waals surface area contributed by atoms with Gasteiger partial charge in [0.15, 0.2) is 0 Å². The average Bonchev–Trinajstić information content (AvgIpc) is 3.71. The fourth-order valence-electron chi connectivity index (χ4n) is 6.68. The van der Waals surface area contributed by atoms with Gasteiger partial charge in [0.25, 0.3) is 0 Å². The molecule has 0 saturated heterocycles. The summed E-state index contributed by atoms with van der Waals surface area (Å²) in [6.45, 7) is 5.30. The van der Waals surface area contributed by atoms with Gasteiger partial charge >= 0.3 is 24.2 Å². The number of amides is 9. The lowest BCUT2D eigenvalue weighted by molar-refractivity contribution is -0.132. The van der Waals surface area contributed by atoms with Crippen molar-refractivity contribution in [2.75, 3.05) is 45.7 Å². The van der Waals surface area contributed by atoms with Gasteiger partial charge in [-0.2, -0.15) is 10.1 Å². The molecule has 8 N–H and O–H groups in total. The van der Waals surface area contributed by atoms with Crippen molar-refractivity contribution in [1.29, 1.82) is 0 Å². The molecule has 368 valence electrons. The van der Waals surface area contributed by atoms with E-state index in [0.29, 0.717) is 16.8 Å². The number of thioether (sulfide) groups is 1. The average molecular weight is 969 g/mol. The van der Waals surface area contributed by atoms with Gasteiger partial charge in [0.1, 0.15) is 40.2 Å². The Labute approximate surface area is 396 Å². The summed E-state index contributed by atoms with van der Waals surface area (Å²) < 4.78 is 39.5. The third kappa shape index (κ3) is 15.8. The second-order valence-corrected chi connectivity index (χ2v) is 16.8. The van der Waals surface area contributed by atoms with E-state index in [1.165, 1.54) is 19.2 Å². The molecule has 0 aliphatic carbocycles. The van der Waals surface area contributed by atoms with Gasteiger partial charge in [-0.3, -0.25) is 19.2 Å². The van der Waals surface area contributed by atoms with E-state index in [2.05, 4.69) is 37.0 Å². The summed E-state index contributed by atoms with van der Waals surface area (Å²) >= 11 is 1.07. The second kappa shape index (κ2) is 26.4. The highest BCUT2D eigenvalue weighted by Gasteiger charge is 2.50. The van der Waals surface area contributed by atoms with Crippen LogP contribution in [-0.4, -0.2) is 110 Å². The molecule has 4 rings (SSSR count). The predicted octanol–water partition coefficient (Wildman–Crippen LogP) is 5.00. The van der Waals surface area contributed by atoms with Gasteiger partial charge in [-0.25, -0.2) is 33.0 Å². The molecule has 3 atom stereocenters.